The predicted octanol–water partition coefficient (Wildman–Crippen LogP) is 3.38. The number of carbonyl (C=O) groups is 3. The lowest BCUT2D eigenvalue weighted by atomic mass is 10.1. The van der Waals surface area contributed by atoms with Gasteiger partial charge in [0, 0.05) is 23.1 Å². The molecule has 0 bridgehead atoms. The predicted molar refractivity (Wildman–Crippen MR) is 93.9 cm³/mol. The maximum atomic E-state index is 12.2. The first-order valence-corrected chi connectivity index (χ1v) is 8.27. The van der Waals surface area contributed by atoms with Gasteiger partial charge >= 0.3 is 0 Å². The molecule has 1 heterocycles. The van der Waals surface area contributed by atoms with Crippen molar-refractivity contribution in [3.63, 3.8) is 0 Å². The number of benzene rings is 2. The van der Waals surface area contributed by atoms with Gasteiger partial charge in [-0.25, -0.2) is 0 Å². The number of nitrogens with one attached hydrogen (secondary N) is 1. The average molecular weight is 387 g/mol. The number of amides is 3. The van der Waals surface area contributed by atoms with Crippen LogP contribution >= 0.6 is 15.9 Å². The third-order valence-electron chi connectivity index (χ3n) is 3.77. The Labute approximate surface area is 147 Å². The fourth-order valence-electron chi connectivity index (χ4n) is 2.69. The third kappa shape index (κ3) is 3.23. The zero-order chi connectivity index (χ0) is 17.3. The Hall–Kier alpha value is -2.47. The Morgan fingerprint density at radius 2 is 1.71 bits per heavy atom. The summed E-state index contributed by atoms with van der Waals surface area (Å²) >= 11 is 3.38. The highest BCUT2D eigenvalue weighted by atomic mass is 79.9. The Morgan fingerprint density at radius 3 is 2.29 bits per heavy atom. The molecular weight excluding hydrogens is 372 g/mol. The number of anilines is 1. The summed E-state index contributed by atoms with van der Waals surface area (Å²) in [5, 5.41) is 2.78. The Kier molecular flexibility index (Phi) is 4.49. The molecule has 2 aromatic rings. The van der Waals surface area contributed by atoms with Gasteiger partial charge in [-0.1, -0.05) is 28.1 Å². The summed E-state index contributed by atoms with van der Waals surface area (Å²) in [7, 11) is 0. The monoisotopic (exact) mass is 386 g/mol. The van der Waals surface area contributed by atoms with Crippen LogP contribution in [0.5, 0.6) is 0 Å². The van der Waals surface area contributed by atoms with Gasteiger partial charge in [0.2, 0.25) is 5.91 Å². The van der Waals surface area contributed by atoms with Crippen molar-refractivity contribution in [2.45, 2.75) is 13.3 Å². The van der Waals surface area contributed by atoms with Gasteiger partial charge in [0.05, 0.1) is 11.1 Å². The van der Waals surface area contributed by atoms with E-state index in [1.807, 2.05) is 19.1 Å². The summed E-state index contributed by atoms with van der Waals surface area (Å²) in [6.07, 6.45) is 0.0526. The molecule has 3 rings (SSSR count). The molecule has 2 aromatic carbocycles. The van der Waals surface area contributed by atoms with Crippen molar-refractivity contribution >= 4 is 39.3 Å². The molecule has 0 aliphatic carbocycles. The summed E-state index contributed by atoms with van der Waals surface area (Å²) in [4.78, 5) is 37.7. The van der Waals surface area contributed by atoms with Gasteiger partial charge in [-0.3, -0.25) is 19.3 Å². The first kappa shape index (κ1) is 16.4. The molecule has 122 valence electrons. The standard InChI is InChI=1S/C18H15BrN2O3/c1-11-8-12(19)10-13(9-11)20-16(22)6-7-21-17(23)14-4-2-3-5-15(14)18(21)24/h2-5,8-10H,6-7H2,1H3,(H,20,22). The Bertz CT molecular complexity index is 793. The van der Waals surface area contributed by atoms with E-state index in [0.717, 1.165) is 14.9 Å². The lowest BCUT2D eigenvalue weighted by Crippen LogP contribution is -2.32. The molecule has 6 heteroatoms. The number of fused-ring (bicyclic) bond motifs is 1. The number of aryl methyl sites for hydroxylation is 1. The molecule has 0 spiro atoms. The number of carbonyl (C=O) groups excluding carboxylic acids is 3. The van der Waals surface area contributed by atoms with Crippen molar-refractivity contribution < 1.29 is 14.4 Å². The minimum absolute atomic E-state index is 0.0526. The highest BCUT2D eigenvalue weighted by Gasteiger charge is 2.34. The summed E-state index contributed by atoms with van der Waals surface area (Å²) < 4.78 is 0.873. The van der Waals surface area contributed by atoms with Crippen molar-refractivity contribution in [2.75, 3.05) is 11.9 Å². The third-order valence-corrected chi connectivity index (χ3v) is 4.22. The molecule has 0 saturated heterocycles. The lowest BCUT2D eigenvalue weighted by Gasteiger charge is -2.13. The summed E-state index contributed by atoms with van der Waals surface area (Å²) in [5.41, 5.74) is 2.48. The van der Waals surface area contributed by atoms with Crippen LogP contribution in [0.3, 0.4) is 0 Å². The lowest BCUT2D eigenvalue weighted by molar-refractivity contribution is -0.116. The Balaban J connectivity index is 1.63. The summed E-state index contributed by atoms with van der Waals surface area (Å²) in [6.45, 7) is 1.99. The van der Waals surface area contributed by atoms with Crippen LogP contribution < -0.4 is 5.32 Å². The molecule has 0 fully saturated rings. The first-order chi connectivity index (χ1) is 11.5. The van der Waals surface area contributed by atoms with Crippen molar-refractivity contribution in [3.8, 4) is 0 Å². The van der Waals surface area contributed by atoms with Crippen molar-refractivity contribution in [2.24, 2.45) is 0 Å². The summed E-state index contributed by atoms with van der Waals surface area (Å²) in [5.74, 6) is -0.938. The molecule has 0 unspecified atom stereocenters. The number of hydrogen-bond donors (Lipinski definition) is 1. The molecule has 0 radical (unpaired) electrons. The van der Waals surface area contributed by atoms with E-state index in [1.165, 1.54) is 0 Å². The highest BCUT2D eigenvalue weighted by molar-refractivity contribution is 9.10. The fourth-order valence-corrected chi connectivity index (χ4v) is 3.30. The van der Waals surface area contributed by atoms with Gasteiger partial charge in [-0.15, -0.1) is 0 Å². The van der Waals surface area contributed by atoms with Crippen LogP contribution in [-0.4, -0.2) is 29.2 Å². The molecule has 0 saturated carbocycles. The highest BCUT2D eigenvalue weighted by Crippen LogP contribution is 2.23. The number of nitrogens with zero attached hydrogens (tertiary/aromatic N) is 1. The van der Waals surface area contributed by atoms with Crippen molar-refractivity contribution in [1.82, 2.24) is 4.90 Å². The van der Waals surface area contributed by atoms with Gasteiger partial charge in [0.1, 0.15) is 0 Å². The van der Waals surface area contributed by atoms with Crippen LogP contribution in [0, 0.1) is 6.92 Å². The van der Waals surface area contributed by atoms with Gasteiger partial charge < -0.3 is 5.32 Å². The molecule has 5 nitrogen and oxygen atoms in total. The van der Waals surface area contributed by atoms with Crippen LogP contribution in [0.1, 0.15) is 32.7 Å². The zero-order valence-electron chi connectivity index (χ0n) is 13.0. The van der Waals surface area contributed by atoms with E-state index in [1.54, 1.807) is 30.3 Å². The number of rotatable bonds is 4. The van der Waals surface area contributed by atoms with E-state index in [4.69, 9.17) is 0 Å². The minimum Gasteiger partial charge on any atom is -0.326 e. The van der Waals surface area contributed by atoms with Crippen molar-refractivity contribution in [1.29, 1.82) is 0 Å². The zero-order valence-corrected chi connectivity index (χ0v) is 14.6. The van der Waals surface area contributed by atoms with Gasteiger partial charge in [0.25, 0.3) is 11.8 Å². The van der Waals surface area contributed by atoms with Crippen LogP contribution in [0.25, 0.3) is 0 Å². The second-order valence-electron chi connectivity index (χ2n) is 5.62. The van der Waals surface area contributed by atoms with Gasteiger partial charge in [-0.2, -0.15) is 0 Å². The van der Waals surface area contributed by atoms with Crippen molar-refractivity contribution in [3.05, 3.63) is 63.6 Å². The SMILES string of the molecule is Cc1cc(Br)cc(NC(=O)CCN2C(=O)c3ccccc3C2=O)c1. The van der Waals surface area contributed by atoms with Crippen LogP contribution in [-0.2, 0) is 4.79 Å². The van der Waals surface area contributed by atoms with Crippen LogP contribution in [0.4, 0.5) is 5.69 Å². The molecule has 0 atom stereocenters. The molecule has 1 aliphatic heterocycles. The fraction of sp³-hybridized carbons (Fsp3) is 0.167. The largest absolute Gasteiger partial charge is 0.326 e. The van der Waals surface area contributed by atoms with E-state index in [2.05, 4.69) is 21.2 Å². The van der Waals surface area contributed by atoms with E-state index >= 15 is 0 Å². The average Bonchev–Trinajstić information content (AvgIpc) is 2.76. The maximum Gasteiger partial charge on any atom is 0.261 e. The number of hydrogen-bond acceptors (Lipinski definition) is 3. The molecule has 1 aliphatic rings. The normalized spacial score (nSPS) is 13.2. The minimum atomic E-state index is -0.346. The molecule has 1 N–H and O–H groups in total. The van der Waals surface area contributed by atoms with Crippen LogP contribution in [0.15, 0.2) is 46.9 Å². The Morgan fingerprint density at radius 1 is 1.08 bits per heavy atom. The molecular formula is C18H15BrN2O3. The second kappa shape index (κ2) is 6.57. The van der Waals surface area contributed by atoms with E-state index in [0.29, 0.717) is 16.8 Å². The molecule has 3 amide bonds. The molecule has 24 heavy (non-hydrogen) atoms. The van der Waals surface area contributed by atoms with E-state index in [-0.39, 0.29) is 30.7 Å². The summed E-state index contributed by atoms with van der Waals surface area (Å²) in [6, 6.07) is 12.3. The van der Waals surface area contributed by atoms with Crippen LogP contribution in [0.2, 0.25) is 0 Å². The van der Waals surface area contributed by atoms with Gasteiger partial charge in [-0.05, 0) is 42.8 Å². The van der Waals surface area contributed by atoms with Gasteiger partial charge in [0.15, 0.2) is 0 Å². The topological polar surface area (TPSA) is 66.5 Å². The smallest absolute Gasteiger partial charge is 0.261 e. The first-order valence-electron chi connectivity index (χ1n) is 7.48. The quantitative estimate of drug-likeness (QED) is 0.818. The number of halogens is 1. The molecule has 0 aromatic heterocycles. The van der Waals surface area contributed by atoms with E-state index < -0.39 is 0 Å². The second-order valence-corrected chi connectivity index (χ2v) is 6.54. The van der Waals surface area contributed by atoms with E-state index in [9.17, 15) is 14.4 Å². The number of imide groups is 1. The maximum absolute atomic E-state index is 12.2.